The van der Waals surface area contributed by atoms with Gasteiger partial charge in [-0.25, -0.2) is 4.79 Å². The molecule has 0 aliphatic carbocycles. The van der Waals surface area contributed by atoms with Crippen LogP contribution in [0.25, 0.3) is 23.0 Å². The minimum atomic E-state index is -0.402. The van der Waals surface area contributed by atoms with Gasteiger partial charge in [0.05, 0.1) is 24.3 Å². The zero-order chi connectivity index (χ0) is 18.5. The number of allylic oxidation sites excluding steroid dienone is 1. The number of furan rings is 1. The Kier molecular flexibility index (Phi) is 5.35. The molecule has 0 unspecified atom stereocenters. The molecule has 0 atom stereocenters. The van der Waals surface area contributed by atoms with E-state index in [9.17, 15) is 10.1 Å². The van der Waals surface area contributed by atoms with Crippen LogP contribution in [0.15, 0.2) is 69.6 Å². The van der Waals surface area contributed by atoms with Crippen molar-refractivity contribution in [3.05, 3.63) is 82.0 Å². The first-order valence-electron chi connectivity index (χ1n) is 7.77. The van der Waals surface area contributed by atoms with Crippen LogP contribution in [0.5, 0.6) is 0 Å². The molecule has 4 nitrogen and oxygen atoms in total. The lowest BCUT2D eigenvalue weighted by Gasteiger charge is -2.02. The van der Waals surface area contributed by atoms with E-state index in [0.717, 1.165) is 15.6 Å². The van der Waals surface area contributed by atoms with Crippen LogP contribution in [0, 0.1) is 11.3 Å². The fraction of sp³-hybridized carbons (Fsp3) is 0.0476. The maximum Gasteiger partial charge on any atom is 0.337 e. The lowest BCUT2D eigenvalue weighted by atomic mass is 10.1. The molecule has 0 bridgehead atoms. The SMILES string of the molecule is COC(=O)c1cccc(-c2ccc(/C=C(\C#N)c3ccc(Br)cc3)o2)c1. The molecule has 0 saturated heterocycles. The second kappa shape index (κ2) is 7.85. The van der Waals surface area contributed by atoms with E-state index in [1.54, 1.807) is 36.4 Å². The van der Waals surface area contributed by atoms with E-state index >= 15 is 0 Å². The molecule has 0 spiro atoms. The van der Waals surface area contributed by atoms with E-state index in [0.29, 0.717) is 22.7 Å². The first-order chi connectivity index (χ1) is 12.6. The number of methoxy groups -OCH3 is 1. The number of ether oxygens (including phenoxy) is 1. The highest BCUT2D eigenvalue weighted by molar-refractivity contribution is 9.10. The summed E-state index contributed by atoms with van der Waals surface area (Å²) in [5, 5.41) is 9.44. The molecule has 2 aromatic carbocycles. The lowest BCUT2D eigenvalue weighted by Crippen LogP contribution is -2.00. The van der Waals surface area contributed by atoms with E-state index in [4.69, 9.17) is 9.15 Å². The number of hydrogen-bond donors (Lipinski definition) is 0. The molecule has 3 rings (SSSR count). The van der Waals surface area contributed by atoms with Gasteiger partial charge in [-0.15, -0.1) is 0 Å². The molecule has 0 aliphatic rings. The van der Waals surface area contributed by atoms with E-state index in [1.807, 2.05) is 30.3 Å². The van der Waals surface area contributed by atoms with Gasteiger partial charge in [0.15, 0.2) is 0 Å². The number of rotatable bonds is 4. The molecule has 1 aromatic heterocycles. The molecule has 0 N–H and O–H groups in total. The quantitative estimate of drug-likeness (QED) is 0.419. The van der Waals surface area contributed by atoms with Gasteiger partial charge in [-0.05, 0) is 48.0 Å². The van der Waals surface area contributed by atoms with Crippen LogP contribution in [0.2, 0.25) is 0 Å². The summed E-state index contributed by atoms with van der Waals surface area (Å²) in [5.74, 6) is 0.763. The molecule has 0 radical (unpaired) electrons. The monoisotopic (exact) mass is 407 g/mol. The molecule has 0 fully saturated rings. The third-order valence-corrected chi connectivity index (χ3v) is 4.29. The van der Waals surface area contributed by atoms with Crippen molar-refractivity contribution in [1.29, 1.82) is 5.26 Å². The van der Waals surface area contributed by atoms with Crippen LogP contribution in [0.3, 0.4) is 0 Å². The Morgan fingerprint density at radius 3 is 2.58 bits per heavy atom. The second-order valence-electron chi connectivity index (χ2n) is 5.45. The van der Waals surface area contributed by atoms with Gasteiger partial charge in [-0.2, -0.15) is 5.26 Å². The predicted octanol–water partition coefficient (Wildman–Crippen LogP) is 5.56. The molecule has 128 valence electrons. The van der Waals surface area contributed by atoms with Crippen molar-refractivity contribution < 1.29 is 13.9 Å². The van der Waals surface area contributed by atoms with Crippen molar-refractivity contribution in [1.82, 2.24) is 0 Å². The first-order valence-corrected chi connectivity index (χ1v) is 8.56. The fourth-order valence-corrected chi connectivity index (χ4v) is 2.72. The molecule has 1 heterocycles. The van der Waals surface area contributed by atoms with E-state index in [1.165, 1.54) is 7.11 Å². The number of esters is 1. The molecule has 26 heavy (non-hydrogen) atoms. The number of benzene rings is 2. The van der Waals surface area contributed by atoms with Crippen molar-refractivity contribution in [3.63, 3.8) is 0 Å². The number of nitriles is 1. The van der Waals surface area contributed by atoms with E-state index < -0.39 is 5.97 Å². The molecule has 0 aliphatic heterocycles. The predicted molar refractivity (Wildman–Crippen MR) is 103 cm³/mol. The summed E-state index contributed by atoms with van der Waals surface area (Å²) in [6, 6.07) is 20.3. The normalized spacial score (nSPS) is 11.0. The summed E-state index contributed by atoms with van der Waals surface area (Å²) in [6.07, 6.45) is 1.69. The van der Waals surface area contributed by atoms with Crippen molar-refractivity contribution in [3.8, 4) is 17.4 Å². The maximum atomic E-state index is 11.7. The maximum absolute atomic E-state index is 11.7. The number of carbonyl (C=O) groups excluding carboxylic acids is 1. The summed E-state index contributed by atoms with van der Waals surface area (Å²) in [5.41, 5.74) is 2.52. The minimum absolute atomic E-state index is 0.402. The Hall–Kier alpha value is -3.10. The van der Waals surface area contributed by atoms with E-state index in [-0.39, 0.29) is 0 Å². The number of halogens is 1. The zero-order valence-corrected chi connectivity index (χ0v) is 15.5. The van der Waals surface area contributed by atoms with Crippen LogP contribution in [0.4, 0.5) is 0 Å². The summed E-state index contributed by atoms with van der Waals surface area (Å²) >= 11 is 3.38. The Balaban J connectivity index is 1.91. The largest absolute Gasteiger partial charge is 0.465 e. The Bertz CT molecular complexity index is 1010. The highest BCUT2D eigenvalue weighted by Crippen LogP contribution is 2.26. The van der Waals surface area contributed by atoms with Gasteiger partial charge in [0.25, 0.3) is 0 Å². The number of hydrogen-bond acceptors (Lipinski definition) is 4. The number of nitrogens with zero attached hydrogens (tertiary/aromatic N) is 1. The van der Waals surface area contributed by atoms with Crippen molar-refractivity contribution >= 4 is 33.5 Å². The summed E-state index contributed by atoms with van der Waals surface area (Å²) in [7, 11) is 1.34. The first kappa shape index (κ1) is 17.7. The van der Waals surface area contributed by atoms with Crippen LogP contribution in [-0.4, -0.2) is 13.1 Å². The fourth-order valence-electron chi connectivity index (χ4n) is 2.45. The lowest BCUT2D eigenvalue weighted by molar-refractivity contribution is 0.0601. The van der Waals surface area contributed by atoms with Gasteiger partial charge >= 0.3 is 5.97 Å². The second-order valence-corrected chi connectivity index (χ2v) is 6.37. The Morgan fingerprint density at radius 1 is 1.12 bits per heavy atom. The van der Waals surface area contributed by atoms with Gasteiger partial charge in [0.2, 0.25) is 0 Å². The van der Waals surface area contributed by atoms with Crippen LogP contribution in [-0.2, 0) is 4.74 Å². The highest BCUT2D eigenvalue weighted by atomic mass is 79.9. The van der Waals surface area contributed by atoms with Crippen molar-refractivity contribution in [2.75, 3.05) is 7.11 Å². The molecular weight excluding hydrogens is 394 g/mol. The Morgan fingerprint density at radius 2 is 1.88 bits per heavy atom. The van der Waals surface area contributed by atoms with Gasteiger partial charge in [0.1, 0.15) is 11.5 Å². The molecule has 3 aromatic rings. The molecule has 0 saturated carbocycles. The third kappa shape index (κ3) is 3.93. The summed E-state index contributed by atoms with van der Waals surface area (Å²) in [4.78, 5) is 11.7. The van der Waals surface area contributed by atoms with Gasteiger partial charge in [0, 0.05) is 10.0 Å². The third-order valence-electron chi connectivity index (χ3n) is 3.76. The van der Waals surface area contributed by atoms with Gasteiger partial charge in [-0.1, -0.05) is 40.2 Å². The average molecular weight is 408 g/mol. The van der Waals surface area contributed by atoms with E-state index in [2.05, 4.69) is 22.0 Å². The zero-order valence-electron chi connectivity index (χ0n) is 13.9. The van der Waals surface area contributed by atoms with Gasteiger partial charge < -0.3 is 9.15 Å². The average Bonchev–Trinajstić information content (AvgIpc) is 3.15. The topological polar surface area (TPSA) is 63.2 Å². The number of carbonyl (C=O) groups is 1. The summed E-state index contributed by atoms with van der Waals surface area (Å²) < 4.78 is 11.5. The minimum Gasteiger partial charge on any atom is -0.465 e. The summed E-state index contributed by atoms with van der Waals surface area (Å²) in [6.45, 7) is 0. The smallest absolute Gasteiger partial charge is 0.337 e. The van der Waals surface area contributed by atoms with Crippen molar-refractivity contribution in [2.45, 2.75) is 0 Å². The van der Waals surface area contributed by atoms with Gasteiger partial charge in [-0.3, -0.25) is 0 Å². The highest BCUT2D eigenvalue weighted by Gasteiger charge is 2.10. The van der Waals surface area contributed by atoms with Crippen LogP contribution >= 0.6 is 15.9 Å². The van der Waals surface area contributed by atoms with Crippen molar-refractivity contribution in [2.24, 2.45) is 0 Å². The Labute approximate surface area is 159 Å². The van der Waals surface area contributed by atoms with Crippen LogP contribution < -0.4 is 0 Å². The molecular formula is C21H14BrNO3. The standard InChI is InChI=1S/C21H14BrNO3/c1-25-21(24)16-4-2-3-15(11-16)20-10-9-19(26-20)12-17(13-23)14-5-7-18(22)8-6-14/h2-12H,1H3/b17-12+. The molecule has 0 amide bonds. The molecule has 5 heteroatoms. The van der Waals surface area contributed by atoms with Crippen LogP contribution in [0.1, 0.15) is 21.7 Å².